The van der Waals surface area contributed by atoms with E-state index < -0.39 is 0 Å². The molecule has 0 amide bonds. The van der Waals surface area contributed by atoms with Crippen LogP contribution in [0.25, 0.3) is 0 Å². The molecule has 1 unspecified atom stereocenters. The lowest BCUT2D eigenvalue weighted by Crippen LogP contribution is -2.39. The Morgan fingerprint density at radius 2 is 1.88 bits per heavy atom. The lowest BCUT2D eigenvalue weighted by atomic mass is 9.83. The Hall–Kier alpha value is -0.240. The molecule has 0 aliphatic heterocycles. The molecule has 0 fully saturated rings. The van der Waals surface area contributed by atoms with E-state index in [-0.39, 0.29) is 5.41 Å². The van der Waals surface area contributed by atoms with E-state index >= 15 is 0 Å². The van der Waals surface area contributed by atoms with Gasteiger partial charge in [0.1, 0.15) is 0 Å². The molecule has 3 heteroatoms. The minimum absolute atomic E-state index is 0.195. The molecule has 0 aliphatic carbocycles. The van der Waals surface area contributed by atoms with E-state index in [1.54, 1.807) is 0 Å². The highest BCUT2D eigenvalue weighted by atomic mass is 35.5. The fourth-order valence-electron chi connectivity index (χ4n) is 1.76. The summed E-state index contributed by atoms with van der Waals surface area (Å²) in [6.07, 6.45) is 0.888. The van der Waals surface area contributed by atoms with Crippen molar-refractivity contribution in [3.8, 4) is 0 Å². The second-order valence-corrected chi connectivity index (χ2v) is 5.99. The SMILES string of the molecule is CNC(Cc1cc(Cl)ccc1Cl)C(C)(C)C. The lowest BCUT2D eigenvalue weighted by molar-refractivity contribution is 0.280. The molecule has 1 aromatic rings. The average Bonchev–Trinajstić information content (AvgIpc) is 2.17. The van der Waals surface area contributed by atoms with Crippen molar-refractivity contribution in [3.63, 3.8) is 0 Å². The standard InChI is InChI=1S/C13H19Cl2N/c1-13(2,3)12(16-4)8-9-7-10(14)5-6-11(9)15/h5-7,12,16H,8H2,1-4H3. The zero-order valence-electron chi connectivity index (χ0n) is 10.3. The molecule has 90 valence electrons. The Balaban J connectivity index is 2.90. The monoisotopic (exact) mass is 259 g/mol. The largest absolute Gasteiger partial charge is 0.316 e. The molecular formula is C13H19Cl2N. The fourth-order valence-corrected chi connectivity index (χ4v) is 2.15. The summed E-state index contributed by atoms with van der Waals surface area (Å²) in [5, 5.41) is 4.86. The molecule has 16 heavy (non-hydrogen) atoms. The first-order valence-corrected chi connectivity index (χ1v) is 6.21. The molecule has 0 radical (unpaired) electrons. The van der Waals surface area contributed by atoms with Crippen molar-refractivity contribution in [1.82, 2.24) is 5.32 Å². The van der Waals surface area contributed by atoms with Crippen LogP contribution in [0, 0.1) is 5.41 Å². The second kappa shape index (κ2) is 5.39. The van der Waals surface area contributed by atoms with Gasteiger partial charge in [0.05, 0.1) is 0 Å². The predicted octanol–water partition coefficient (Wildman–Crippen LogP) is 4.17. The van der Waals surface area contributed by atoms with Gasteiger partial charge in [0, 0.05) is 16.1 Å². The van der Waals surface area contributed by atoms with Crippen LogP contribution in [0.15, 0.2) is 18.2 Å². The number of rotatable bonds is 3. The van der Waals surface area contributed by atoms with Gasteiger partial charge >= 0.3 is 0 Å². The quantitative estimate of drug-likeness (QED) is 0.860. The van der Waals surface area contributed by atoms with Crippen LogP contribution < -0.4 is 5.32 Å². The number of likely N-dealkylation sites (N-methyl/N-ethyl adjacent to an activating group) is 1. The Morgan fingerprint density at radius 1 is 1.25 bits per heavy atom. The van der Waals surface area contributed by atoms with Crippen molar-refractivity contribution >= 4 is 23.2 Å². The maximum absolute atomic E-state index is 6.16. The van der Waals surface area contributed by atoms with Crippen molar-refractivity contribution in [3.05, 3.63) is 33.8 Å². The molecule has 1 aromatic carbocycles. The summed E-state index contributed by atoms with van der Waals surface area (Å²) in [6, 6.07) is 6.00. The van der Waals surface area contributed by atoms with Gasteiger partial charge in [-0.05, 0) is 42.6 Å². The van der Waals surface area contributed by atoms with Gasteiger partial charge in [0.2, 0.25) is 0 Å². The third-order valence-electron chi connectivity index (χ3n) is 2.83. The summed E-state index contributed by atoms with van der Waals surface area (Å²) in [7, 11) is 1.98. The first-order chi connectivity index (χ1) is 7.34. The van der Waals surface area contributed by atoms with Crippen molar-refractivity contribution in [1.29, 1.82) is 0 Å². The maximum Gasteiger partial charge on any atom is 0.0439 e. The van der Waals surface area contributed by atoms with Crippen molar-refractivity contribution in [2.24, 2.45) is 5.41 Å². The molecule has 0 aromatic heterocycles. The third-order valence-corrected chi connectivity index (χ3v) is 3.43. The predicted molar refractivity (Wildman–Crippen MR) is 72.5 cm³/mol. The second-order valence-electron chi connectivity index (χ2n) is 5.15. The van der Waals surface area contributed by atoms with Crippen molar-refractivity contribution in [2.75, 3.05) is 7.05 Å². The van der Waals surface area contributed by atoms with Gasteiger partial charge in [0.25, 0.3) is 0 Å². The van der Waals surface area contributed by atoms with Crippen LogP contribution in [-0.2, 0) is 6.42 Å². The minimum Gasteiger partial charge on any atom is -0.316 e. The molecule has 0 saturated carbocycles. The highest BCUT2D eigenvalue weighted by Crippen LogP contribution is 2.27. The molecule has 0 spiro atoms. The topological polar surface area (TPSA) is 12.0 Å². The molecule has 0 aliphatic rings. The number of hydrogen-bond donors (Lipinski definition) is 1. The fraction of sp³-hybridized carbons (Fsp3) is 0.538. The van der Waals surface area contributed by atoms with Crippen LogP contribution in [-0.4, -0.2) is 13.1 Å². The van der Waals surface area contributed by atoms with Crippen LogP contribution in [0.2, 0.25) is 10.0 Å². The Bertz CT molecular complexity index is 355. The van der Waals surface area contributed by atoms with E-state index in [2.05, 4.69) is 26.1 Å². The lowest BCUT2D eigenvalue weighted by Gasteiger charge is -2.30. The van der Waals surface area contributed by atoms with E-state index in [0.717, 1.165) is 22.0 Å². The van der Waals surface area contributed by atoms with Gasteiger partial charge in [-0.3, -0.25) is 0 Å². The summed E-state index contributed by atoms with van der Waals surface area (Å²) >= 11 is 12.1. The van der Waals surface area contributed by atoms with E-state index in [0.29, 0.717) is 6.04 Å². The summed E-state index contributed by atoms with van der Waals surface area (Å²) in [6.45, 7) is 6.64. The van der Waals surface area contributed by atoms with E-state index in [1.807, 2.05) is 25.2 Å². The summed E-state index contributed by atoms with van der Waals surface area (Å²) in [5.74, 6) is 0. The Kier molecular flexibility index (Phi) is 4.66. The van der Waals surface area contributed by atoms with Crippen LogP contribution in [0.3, 0.4) is 0 Å². The van der Waals surface area contributed by atoms with Gasteiger partial charge in [-0.15, -0.1) is 0 Å². The van der Waals surface area contributed by atoms with Crippen LogP contribution in [0.1, 0.15) is 26.3 Å². The van der Waals surface area contributed by atoms with Gasteiger partial charge in [-0.1, -0.05) is 44.0 Å². The number of hydrogen-bond acceptors (Lipinski definition) is 1. The van der Waals surface area contributed by atoms with Crippen LogP contribution >= 0.6 is 23.2 Å². The molecule has 1 nitrogen and oxygen atoms in total. The molecular weight excluding hydrogens is 241 g/mol. The summed E-state index contributed by atoms with van der Waals surface area (Å²) in [4.78, 5) is 0. The number of benzene rings is 1. The Labute approximate surface area is 108 Å². The number of nitrogens with one attached hydrogen (secondary N) is 1. The smallest absolute Gasteiger partial charge is 0.0439 e. The molecule has 1 atom stereocenters. The van der Waals surface area contributed by atoms with Gasteiger partial charge in [-0.25, -0.2) is 0 Å². The summed E-state index contributed by atoms with van der Waals surface area (Å²) < 4.78 is 0. The van der Waals surface area contributed by atoms with Gasteiger partial charge in [0.15, 0.2) is 0 Å². The van der Waals surface area contributed by atoms with Crippen LogP contribution in [0.5, 0.6) is 0 Å². The zero-order valence-corrected chi connectivity index (χ0v) is 11.8. The summed E-state index contributed by atoms with van der Waals surface area (Å²) in [5.41, 5.74) is 1.30. The Morgan fingerprint density at radius 3 is 2.38 bits per heavy atom. The zero-order chi connectivity index (χ0) is 12.3. The first kappa shape index (κ1) is 13.8. The molecule has 0 bridgehead atoms. The van der Waals surface area contributed by atoms with E-state index in [1.165, 1.54) is 0 Å². The molecule has 0 saturated heterocycles. The minimum atomic E-state index is 0.195. The molecule has 1 rings (SSSR count). The highest BCUT2D eigenvalue weighted by Gasteiger charge is 2.23. The molecule has 1 N–H and O–H groups in total. The van der Waals surface area contributed by atoms with E-state index in [9.17, 15) is 0 Å². The number of halogens is 2. The molecule has 0 heterocycles. The van der Waals surface area contributed by atoms with Crippen molar-refractivity contribution < 1.29 is 0 Å². The normalized spacial score (nSPS) is 13.9. The average molecular weight is 260 g/mol. The van der Waals surface area contributed by atoms with E-state index in [4.69, 9.17) is 23.2 Å². The van der Waals surface area contributed by atoms with Gasteiger partial charge < -0.3 is 5.32 Å². The van der Waals surface area contributed by atoms with Gasteiger partial charge in [-0.2, -0.15) is 0 Å². The van der Waals surface area contributed by atoms with Crippen molar-refractivity contribution in [2.45, 2.75) is 33.2 Å². The first-order valence-electron chi connectivity index (χ1n) is 5.46. The maximum atomic E-state index is 6.16. The highest BCUT2D eigenvalue weighted by molar-refractivity contribution is 6.33. The third kappa shape index (κ3) is 3.65. The van der Waals surface area contributed by atoms with Crippen LogP contribution in [0.4, 0.5) is 0 Å².